The zero-order chi connectivity index (χ0) is 14.5. The number of nitrogens with one attached hydrogen (secondary N) is 2. The van der Waals surface area contributed by atoms with Crippen LogP contribution in [0.5, 0.6) is 0 Å². The van der Waals surface area contributed by atoms with Crippen LogP contribution in [0.3, 0.4) is 0 Å². The molecule has 1 aliphatic carbocycles. The van der Waals surface area contributed by atoms with E-state index in [2.05, 4.69) is 35.1 Å². The summed E-state index contributed by atoms with van der Waals surface area (Å²) in [6.45, 7) is 6.26. The molecule has 0 radical (unpaired) electrons. The van der Waals surface area contributed by atoms with Crippen molar-refractivity contribution >= 4 is 17.2 Å². The van der Waals surface area contributed by atoms with Gasteiger partial charge in [-0.05, 0) is 51.5 Å². The second kappa shape index (κ2) is 7.23. The van der Waals surface area contributed by atoms with Crippen molar-refractivity contribution in [3.05, 3.63) is 22.4 Å². The molecule has 1 fully saturated rings. The second-order valence-corrected chi connectivity index (χ2v) is 7.11. The van der Waals surface area contributed by atoms with Crippen molar-refractivity contribution in [3.63, 3.8) is 0 Å². The van der Waals surface area contributed by atoms with Crippen LogP contribution < -0.4 is 10.6 Å². The van der Waals surface area contributed by atoms with Gasteiger partial charge in [-0.15, -0.1) is 11.3 Å². The normalized spacial score (nSPS) is 24.6. The average Bonchev–Trinajstić information content (AvgIpc) is 2.92. The maximum atomic E-state index is 12.1. The monoisotopic (exact) mass is 294 g/mol. The highest BCUT2D eigenvalue weighted by molar-refractivity contribution is 7.10. The van der Waals surface area contributed by atoms with E-state index in [9.17, 15) is 4.79 Å². The Morgan fingerprint density at radius 3 is 2.80 bits per heavy atom. The van der Waals surface area contributed by atoms with E-state index in [1.807, 2.05) is 13.8 Å². The second-order valence-electron chi connectivity index (χ2n) is 6.13. The predicted molar refractivity (Wildman–Crippen MR) is 84.9 cm³/mol. The number of thiophene rings is 1. The molecule has 20 heavy (non-hydrogen) atoms. The summed E-state index contributed by atoms with van der Waals surface area (Å²) in [6, 6.07) is 5.35. The van der Waals surface area contributed by atoms with Crippen LogP contribution >= 0.6 is 11.3 Å². The summed E-state index contributed by atoms with van der Waals surface area (Å²) in [5, 5.41) is 8.86. The van der Waals surface area contributed by atoms with Crippen molar-refractivity contribution in [1.29, 1.82) is 0 Å². The average molecular weight is 294 g/mol. The lowest BCUT2D eigenvalue weighted by molar-refractivity contribution is -0.126. The molecule has 3 atom stereocenters. The summed E-state index contributed by atoms with van der Waals surface area (Å²) in [7, 11) is 0. The molecule has 0 spiro atoms. The summed E-state index contributed by atoms with van der Waals surface area (Å²) in [5.41, 5.74) is 0. The van der Waals surface area contributed by atoms with Gasteiger partial charge in [0.1, 0.15) is 0 Å². The zero-order valence-corrected chi connectivity index (χ0v) is 13.5. The smallest absolute Gasteiger partial charge is 0.223 e. The Hall–Kier alpha value is -0.870. The van der Waals surface area contributed by atoms with E-state index in [0.29, 0.717) is 12.1 Å². The van der Waals surface area contributed by atoms with Crippen molar-refractivity contribution in [2.45, 2.75) is 64.6 Å². The van der Waals surface area contributed by atoms with E-state index in [-0.39, 0.29) is 17.9 Å². The Balaban J connectivity index is 1.85. The third kappa shape index (κ3) is 4.32. The Labute approximate surface area is 126 Å². The zero-order valence-electron chi connectivity index (χ0n) is 12.7. The van der Waals surface area contributed by atoms with Crippen LogP contribution in [0.25, 0.3) is 0 Å². The number of hydrogen-bond acceptors (Lipinski definition) is 3. The summed E-state index contributed by atoms with van der Waals surface area (Å²) in [4.78, 5) is 13.5. The van der Waals surface area contributed by atoms with Crippen LogP contribution in [0.1, 0.15) is 57.4 Å². The molecule has 2 rings (SSSR count). The Bertz CT molecular complexity index is 416. The Kier molecular flexibility index (Phi) is 5.61. The van der Waals surface area contributed by atoms with E-state index < -0.39 is 0 Å². The van der Waals surface area contributed by atoms with Gasteiger partial charge >= 0.3 is 0 Å². The molecule has 0 bridgehead atoms. The molecule has 112 valence electrons. The fraction of sp³-hybridized carbons (Fsp3) is 0.688. The van der Waals surface area contributed by atoms with E-state index in [4.69, 9.17) is 0 Å². The third-order valence-corrected chi connectivity index (χ3v) is 4.99. The molecule has 0 aromatic carbocycles. The first kappa shape index (κ1) is 15.5. The quantitative estimate of drug-likeness (QED) is 0.873. The third-order valence-electron chi connectivity index (χ3n) is 3.93. The van der Waals surface area contributed by atoms with Gasteiger partial charge in [0, 0.05) is 28.9 Å². The molecule has 3 nitrogen and oxygen atoms in total. The summed E-state index contributed by atoms with van der Waals surface area (Å²) in [6.07, 6.45) is 4.32. The van der Waals surface area contributed by atoms with Gasteiger partial charge in [0.2, 0.25) is 5.91 Å². The molecule has 1 aliphatic rings. The summed E-state index contributed by atoms with van der Waals surface area (Å²) >= 11 is 1.79. The first-order valence-electron chi connectivity index (χ1n) is 7.66. The van der Waals surface area contributed by atoms with Crippen molar-refractivity contribution < 1.29 is 4.79 Å². The largest absolute Gasteiger partial charge is 0.354 e. The molecular formula is C16H26N2OS. The summed E-state index contributed by atoms with van der Waals surface area (Å²) in [5.74, 6) is 0.412. The van der Waals surface area contributed by atoms with Crippen molar-refractivity contribution in [1.82, 2.24) is 10.6 Å². The van der Waals surface area contributed by atoms with Gasteiger partial charge in [-0.2, -0.15) is 0 Å². The van der Waals surface area contributed by atoms with Crippen molar-refractivity contribution in [3.8, 4) is 0 Å². The molecule has 1 saturated carbocycles. The maximum absolute atomic E-state index is 12.1. The minimum atomic E-state index is 0.180. The fourth-order valence-electron chi connectivity index (χ4n) is 2.96. The first-order chi connectivity index (χ1) is 9.56. The number of amides is 1. The molecule has 4 heteroatoms. The minimum Gasteiger partial charge on any atom is -0.354 e. The molecule has 0 unspecified atom stereocenters. The highest BCUT2D eigenvalue weighted by Crippen LogP contribution is 2.27. The van der Waals surface area contributed by atoms with Crippen LogP contribution in [0.15, 0.2) is 17.5 Å². The lowest BCUT2D eigenvalue weighted by Crippen LogP contribution is -2.42. The van der Waals surface area contributed by atoms with Crippen molar-refractivity contribution in [2.75, 3.05) is 0 Å². The summed E-state index contributed by atoms with van der Waals surface area (Å²) < 4.78 is 0. The van der Waals surface area contributed by atoms with Gasteiger partial charge in [-0.1, -0.05) is 12.5 Å². The standard InChI is InChI=1S/C16H26N2OS/c1-11(2)17-16(19)13-6-4-7-14(10-13)18-12(3)15-8-5-9-20-15/h5,8-9,11-14,18H,4,6-7,10H2,1-3H3,(H,17,19)/t12-,13-,14+/m1/s1. The molecule has 0 aliphatic heterocycles. The lowest BCUT2D eigenvalue weighted by Gasteiger charge is -2.31. The van der Waals surface area contributed by atoms with Gasteiger partial charge in [0.15, 0.2) is 0 Å². The van der Waals surface area contributed by atoms with Gasteiger partial charge in [-0.3, -0.25) is 4.79 Å². The lowest BCUT2D eigenvalue weighted by atomic mass is 9.84. The van der Waals surface area contributed by atoms with E-state index >= 15 is 0 Å². The Morgan fingerprint density at radius 2 is 2.15 bits per heavy atom. The van der Waals surface area contributed by atoms with E-state index in [1.54, 1.807) is 11.3 Å². The number of rotatable bonds is 5. The molecule has 1 aromatic rings. The van der Waals surface area contributed by atoms with Crippen LogP contribution in [-0.4, -0.2) is 18.0 Å². The maximum Gasteiger partial charge on any atom is 0.223 e. The van der Waals surface area contributed by atoms with Crippen LogP contribution in [0.2, 0.25) is 0 Å². The molecule has 0 saturated heterocycles. The van der Waals surface area contributed by atoms with Gasteiger partial charge in [0.05, 0.1) is 0 Å². The predicted octanol–water partition coefficient (Wildman–Crippen LogP) is 3.48. The van der Waals surface area contributed by atoms with Gasteiger partial charge in [0.25, 0.3) is 0 Å². The number of hydrogen-bond donors (Lipinski definition) is 2. The SMILES string of the molecule is CC(C)NC(=O)[C@@H]1CCC[C@H](N[C@H](C)c2cccs2)C1. The topological polar surface area (TPSA) is 41.1 Å². The van der Waals surface area contributed by atoms with Crippen LogP contribution in [-0.2, 0) is 4.79 Å². The number of carbonyl (C=O) groups is 1. The van der Waals surface area contributed by atoms with E-state index in [1.165, 1.54) is 11.3 Å². The molecular weight excluding hydrogens is 268 g/mol. The highest BCUT2D eigenvalue weighted by atomic mass is 32.1. The molecule has 1 amide bonds. The van der Waals surface area contributed by atoms with Gasteiger partial charge in [-0.25, -0.2) is 0 Å². The van der Waals surface area contributed by atoms with E-state index in [0.717, 1.165) is 19.3 Å². The molecule has 1 heterocycles. The fourth-order valence-corrected chi connectivity index (χ4v) is 3.70. The van der Waals surface area contributed by atoms with Crippen molar-refractivity contribution in [2.24, 2.45) is 5.92 Å². The first-order valence-corrected chi connectivity index (χ1v) is 8.54. The van der Waals surface area contributed by atoms with Crippen LogP contribution in [0.4, 0.5) is 0 Å². The van der Waals surface area contributed by atoms with Crippen LogP contribution in [0, 0.1) is 5.92 Å². The highest BCUT2D eigenvalue weighted by Gasteiger charge is 2.28. The Morgan fingerprint density at radius 1 is 1.35 bits per heavy atom. The molecule has 1 aromatic heterocycles. The van der Waals surface area contributed by atoms with Gasteiger partial charge < -0.3 is 10.6 Å². The number of carbonyl (C=O) groups excluding carboxylic acids is 1. The minimum absolute atomic E-state index is 0.180. The molecule has 2 N–H and O–H groups in total.